The van der Waals surface area contributed by atoms with Crippen LogP contribution >= 0.6 is 11.6 Å². The molecule has 1 atom stereocenters. The number of hydrogen-bond acceptors (Lipinski definition) is 5. The fourth-order valence-corrected chi connectivity index (χ4v) is 3.21. The summed E-state index contributed by atoms with van der Waals surface area (Å²) in [7, 11) is 3.06. The number of benzene rings is 1. The Morgan fingerprint density at radius 2 is 2.04 bits per heavy atom. The minimum Gasteiger partial charge on any atom is -0.495 e. The Balaban J connectivity index is 2.04. The number of carbonyl (C=O) groups is 1. The molecule has 24 heavy (non-hydrogen) atoms. The van der Waals surface area contributed by atoms with Crippen molar-refractivity contribution in [2.75, 3.05) is 39.2 Å². The van der Waals surface area contributed by atoms with E-state index in [1.807, 2.05) is 0 Å². The average molecular weight is 356 g/mol. The Bertz CT molecular complexity index is 607. The van der Waals surface area contributed by atoms with Crippen molar-refractivity contribution in [2.24, 2.45) is 11.1 Å². The number of piperidine rings is 1. The van der Waals surface area contributed by atoms with Gasteiger partial charge in [0.15, 0.2) is 0 Å². The first-order chi connectivity index (χ1) is 11.3. The van der Waals surface area contributed by atoms with E-state index in [-0.39, 0.29) is 17.4 Å². The van der Waals surface area contributed by atoms with E-state index >= 15 is 0 Å². The number of halogens is 1. The van der Waals surface area contributed by atoms with E-state index in [9.17, 15) is 4.79 Å². The summed E-state index contributed by atoms with van der Waals surface area (Å²) in [6, 6.07) is 3.45. The Morgan fingerprint density at radius 3 is 2.62 bits per heavy atom. The molecule has 1 amide bonds. The van der Waals surface area contributed by atoms with Crippen molar-refractivity contribution in [2.45, 2.75) is 26.3 Å². The van der Waals surface area contributed by atoms with Gasteiger partial charge in [0.05, 0.1) is 31.5 Å². The van der Waals surface area contributed by atoms with E-state index in [0.29, 0.717) is 28.8 Å². The normalized spacial score (nSPS) is 20.5. The van der Waals surface area contributed by atoms with Crippen molar-refractivity contribution < 1.29 is 14.3 Å². The molecule has 2 rings (SSSR count). The molecular formula is C17H26ClN3O3. The van der Waals surface area contributed by atoms with Gasteiger partial charge in [0.2, 0.25) is 5.91 Å². The second-order valence-corrected chi connectivity index (χ2v) is 7.24. The topological polar surface area (TPSA) is 76.8 Å². The van der Waals surface area contributed by atoms with Crippen LogP contribution in [-0.4, -0.2) is 50.7 Å². The molecule has 6 nitrogen and oxygen atoms in total. The molecule has 1 aromatic carbocycles. The molecule has 0 saturated carbocycles. The standard InChI is InChI=1S/C17H26ClN3O3/c1-17(2)10-21(6-5-15(17)19)9-16(22)20-12-7-11(18)13(23-3)8-14(12)24-4/h7-8,15H,5-6,9-10,19H2,1-4H3,(H,20,22). The first kappa shape index (κ1) is 18.8. The minimum absolute atomic E-state index is 0.000356. The van der Waals surface area contributed by atoms with Crippen LogP contribution in [0.25, 0.3) is 0 Å². The van der Waals surface area contributed by atoms with E-state index in [1.165, 1.54) is 14.2 Å². The Kier molecular flexibility index (Phi) is 5.96. The molecule has 1 aliphatic rings. The van der Waals surface area contributed by atoms with Crippen molar-refractivity contribution in [3.05, 3.63) is 17.2 Å². The van der Waals surface area contributed by atoms with Crippen LogP contribution in [0.5, 0.6) is 11.5 Å². The van der Waals surface area contributed by atoms with Gasteiger partial charge in [0.1, 0.15) is 11.5 Å². The SMILES string of the molecule is COc1cc(OC)c(NC(=O)CN2CCC(N)C(C)(C)C2)cc1Cl. The molecule has 1 fully saturated rings. The van der Waals surface area contributed by atoms with E-state index in [4.69, 9.17) is 26.8 Å². The van der Waals surface area contributed by atoms with Crippen molar-refractivity contribution >= 4 is 23.2 Å². The van der Waals surface area contributed by atoms with E-state index < -0.39 is 0 Å². The highest BCUT2D eigenvalue weighted by atomic mass is 35.5. The summed E-state index contributed by atoms with van der Waals surface area (Å²) in [5, 5.41) is 3.28. The fraction of sp³-hybridized carbons (Fsp3) is 0.588. The molecule has 1 saturated heterocycles. The lowest BCUT2D eigenvalue weighted by atomic mass is 9.80. The van der Waals surface area contributed by atoms with Crippen LogP contribution < -0.4 is 20.5 Å². The molecule has 1 aromatic rings. The van der Waals surface area contributed by atoms with Crippen molar-refractivity contribution in [3.63, 3.8) is 0 Å². The quantitative estimate of drug-likeness (QED) is 0.847. The lowest BCUT2D eigenvalue weighted by Gasteiger charge is -2.42. The van der Waals surface area contributed by atoms with Gasteiger partial charge >= 0.3 is 0 Å². The molecule has 7 heteroatoms. The molecule has 0 aliphatic carbocycles. The van der Waals surface area contributed by atoms with Crippen LogP contribution in [0.4, 0.5) is 5.69 Å². The summed E-state index contributed by atoms with van der Waals surface area (Å²) in [4.78, 5) is 14.5. The molecule has 1 heterocycles. The summed E-state index contributed by atoms with van der Waals surface area (Å²) in [5.41, 5.74) is 6.67. The number of likely N-dealkylation sites (tertiary alicyclic amines) is 1. The largest absolute Gasteiger partial charge is 0.495 e. The number of methoxy groups -OCH3 is 2. The van der Waals surface area contributed by atoms with E-state index in [2.05, 4.69) is 24.1 Å². The highest BCUT2D eigenvalue weighted by Gasteiger charge is 2.33. The van der Waals surface area contributed by atoms with Gasteiger partial charge in [-0.2, -0.15) is 0 Å². The monoisotopic (exact) mass is 355 g/mol. The van der Waals surface area contributed by atoms with Crippen molar-refractivity contribution in [1.82, 2.24) is 4.90 Å². The highest BCUT2D eigenvalue weighted by Crippen LogP contribution is 2.36. The Morgan fingerprint density at radius 1 is 1.38 bits per heavy atom. The summed E-state index contributed by atoms with van der Waals surface area (Å²) in [6.07, 6.45) is 0.887. The summed E-state index contributed by atoms with van der Waals surface area (Å²) in [5.74, 6) is 0.893. The lowest BCUT2D eigenvalue weighted by Crippen LogP contribution is -2.53. The van der Waals surface area contributed by atoms with Gasteiger partial charge in [0.25, 0.3) is 0 Å². The zero-order chi connectivity index (χ0) is 17.9. The third-order valence-corrected chi connectivity index (χ3v) is 4.80. The van der Waals surface area contributed by atoms with Crippen molar-refractivity contribution in [3.8, 4) is 11.5 Å². The maximum absolute atomic E-state index is 12.4. The van der Waals surface area contributed by atoms with Gasteiger partial charge < -0.3 is 20.5 Å². The number of rotatable bonds is 5. The van der Waals surface area contributed by atoms with Gasteiger partial charge in [-0.25, -0.2) is 0 Å². The molecule has 0 bridgehead atoms. The molecule has 3 N–H and O–H groups in total. The van der Waals surface area contributed by atoms with E-state index in [1.54, 1.807) is 12.1 Å². The second kappa shape index (κ2) is 7.59. The highest BCUT2D eigenvalue weighted by molar-refractivity contribution is 6.32. The van der Waals surface area contributed by atoms with Gasteiger partial charge in [-0.1, -0.05) is 25.4 Å². The fourth-order valence-electron chi connectivity index (χ4n) is 2.97. The molecular weight excluding hydrogens is 330 g/mol. The zero-order valence-electron chi connectivity index (χ0n) is 14.7. The number of nitrogens with one attached hydrogen (secondary N) is 1. The molecule has 134 valence electrons. The van der Waals surface area contributed by atoms with Crippen LogP contribution in [0.3, 0.4) is 0 Å². The molecule has 1 unspecified atom stereocenters. The van der Waals surface area contributed by atoms with Crippen LogP contribution in [0.15, 0.2) is 12.1 Å². The Hall–Kier alpha value is -1.50. The van der Waals surface area contributed by atoms with Crippen LogP contribution in [0.1, 0.15) is 20.3 Å². The predicted octanol–water partition coefficient (Wildman–Crippen LogP) is 2.35. The first-order valence-electron chi connectivity index (χ1n) is 7.96. The number of nitrogens with two attached hydrogens (primary N) is 1. The summed E-state index contributed by atoms with van der Waals surface area (Å²) in [6.45, 7) is 6.19. The molecule has 0 radical (unpaired) electrons. The number of ether oxygens (including phenoxy) is 2. The second-order valence-electron chi connectivity index (χ2n) is 6.83. The van der Waals surface area contributed by atoms with Gasteiger partial charge in [-0.3, -0.25) is 9.69 Å². The zero-order valence-corrected chi connectivity index (χ0v) is 15.4. The molecule has 0 aromatic heterocycles. The third kappa shape index (κ3) is 4.32. The minimum atomic E-state index is -0.110. The smallest absolute Gasteiger partial charge is 0.238 e. The molecule has 0 spiro atoms. The maximum atomic E-state index is 12.4. The number of nitrogens with zero attached hydrogens (tertiary/aromatic N) is 1. The van der Waals surface area contributed by atoms with Crippen LogP contribution in [-0.2, 0) is 4.79 Å². The maximum Gasteiger partial charge on any atom is 0.238 e. The molecule has 1 aliphatic heterocycles. The average Bonchev–Trinajstić information content (AvgIpc) is 2.51. The Labute approximate surface area is 148 Å². The van der Waals surface area contributed by atoms with Gasteiger partial charge in [0, 0.05) is 25.2 Å². The van der Waals surface area contributed by atoms with Crippen LogP contribution in [0, 0.1) is 5.41 Å². The van der Waals surface area contributed by atoms with Crippen molar-refractivity contribution in [1.29, 1.82) is 0 Å². The third-order valence-electron chi connectivity index (χ3n) is 4.51. The van der Waals surface area contributed by atoms with E-state index in [0.717, 1.165) is 19.5 Å². The number of carbonyl (C=O) groups excluding carboxylic acids is 1. The number of hydrogen-bond donors (Lipinski definition) is 2. The first-order valence-corrected chi connectivity index (χ1v) is 8.34. The summed E-state index contributed by atoms with van der Waals surface area (Å²) >= 11 is 6.13. The van der Waals surface area contributed by atoms with Gasteiger partial charge in [-0.15, -0.1) is 0 Å². The van der Waals surface area contributed by atoms with Gasteiger partial charge in [-0.05, 0) is 17.9 Å². The summed E-state index contributed by atoms with van der Waals surface area (Å²) < 4.78 is 10.5. The number of amides is 1. The van der Waals surface area contributed by atoms with Crippen LogP contribution in [0.2, 0.25) is 5.02 Å². The lowest BCUT2D eigenvalue weighted by molar-refractivity contribution is -0.118. The number of anilines is 1. The predicted molar refractivity (Wildman–Crippen MR) is 96.0 cm³/mol.